The number of anilines is 1. The van der Waals surface area contributed by atoms with Crippen molar-refractivity contribution in [3.8, 4) is 0 Å². The molecule has 30 heavy (non-hydrogen) atoms. The van der Waals surface area contributed by atoms with Gasteiger partial charge in [0, 0.05) is 5.56 Å². The van der Waals surface area contributed by atoms with Crippen LogP contribution in [0.25, 0.3) is 0 Å². The van der Waals surface area contributed by atoms with Crippen molar-refractivity contribution in [2.24, 2.45) is 5.10 Å². The fraction of sp³-hybridized carbons (Fsp3) is 0.0526. The van der Waals surface area contributed by atoms with Crippen LogP contribution in [0, 0.1) is 0 Å². The van der Waals surface area contributed by atoms with Crippen LogP contribution in [0.3, 0.4) is 0 Å². The Labute approximate surface area is 174 Å². The Balaban J connectivity index is 1.79. The van der Waals surface area contributed by atoms with Crippen molar-refractivity contribution in [2.45, 2.75) is 10.4 Å². The van der Waals surface area contributed by atoms with Crippen LogP contribution >= 0.6 is 11.3 Å². The van der Waals surface area contributed by atoms with E-state index in [1.165, 1.54) is 48.5 Å². The summed E-state index contributed by atoms with van der Waals surface area (Å²) in [5.41, 5.74) is 0.963. The summed E-state index contributed by atoms with van der Waals surface area (Å²) in [5.74, 6) is -0.791. The van der Waals surface area contributed by atoms with Gasteiger partial charge in [0.25, 0.3) is 15.9 Å². The number of hydrogen-bond donors (Lipinski definition) is 2. The summed E-state index contributed by atoms with van der Waals surface area (Å²) in [5, 5.41) is 5.18. The molecular formula is C19H14F3N3O3S2. The molecule has 0 aliphatic carbocycles. The van der Waals surface area contributed by atoms with Gasteiger partial charge in [0.15, 0.2) is 0 Å². The van der Waals surface area contributed by atoms with E-state index in [4.69, 9.17) is 0 Å². The first-order valence-electron chi connectivity index (χ1n) is 8.33. The molecule has 3 aromatic rings. The lowest BCUT2D eigenvalue weighted by Gasteiger charge is -2.11. The Hall–Kier alpha value is -3.18. The number of sulfonamides is 1. The summed E-state index contributed by atoms with van der Waals surface area (Å²) in [6.45, 7) is 0. The number of para-hydroxylation sites is 1. The van der Waals surface area contributed by atoms with E-state index in [1.54, 1.807) is 11.4 Å². The number of benzene rings is 2. The minimum Gasteiger partial charge on any atom is -0.278 e. The summed E-state index contributed by atoms with van der Waals surface area (Å²) in [6.07, 6.45) is -3.70. The normalized spacial score (nSPS) is 12.1. The Kier molecular flexibility index (Phi) is 6.22. The number of amides is 1. The van der Waals surface area contributed by atoms with Crippen LogP contribution in [0.15, 0.2) is 75.4 Å². The van der Waals surface area contributed by atoms with E-state index in [0.717, 1.165) is 23.6 Å². The van der Waals surface area contributed by atoms with Crippen LogP contribution in [-0.4, -0.2) is 20.5 Å². The zero-order chi connectivity index (χ0) is 21.8. The van der Waals surface area contributed by atoms with Crippen LogP contribution in [0.2, 0.25) is 0 Å². The summed E-state index contributed by atoms with van der Waals surface area (Å²) in [6, 6.07) is 13.6. The molecule has 156 valence electrons. The standard InChI is InChI=1S/C19H14F3N3O3S2/c20-19(21,22)15-8-3-1-6-13(15)12-23-24-18(26)14-7-2-4-9-16(14)25-30(27,28)17-10-5-11-29-17/h1-12,25H,(H,24,26)/b23-12+. The number of thiophene rings is 1. The van der Waals surface area contributed by atoms with Gasteiger partial charge in [-0.15, -0.1) is 11.3 Å². The van der Waals surface area contributed by atoms with E-state index in [9.17, 15) is 26.4 Å². The van der Waals surface area contributed by atoms with Gasteiger partial charge >= 0.3 is 6.18 Å². The average molecular weight is 453 g/mol. The Bertz CT molecular complexity index is 1170. The number of alkyl halides is 3. The van der Waals surface area contributed by atoms with Crippen molar-refractivity contribution >= 4 is 39.2 Å². The Morgan fingerprint density at radius 3 is 2.40 bits per heavy atom. The first kappa shape index (κ1) is 21.5. The van der Waals surface area contributed by atoms with E-state index < -0.39 is 27.7 Å². The third kappa shape index (κ3) is 5.05. The van der Waals surface area contributed by atoms with Gasteiger partial charge in [-0.3, -0.25) is 9.52 Å². The molecule has 11 heteroatoms. The molecule has 1 heterocycles. The fourth-order valence-electron chi connectivity index (χ4n) is 2.47. The summed E-state index contributed by atoms with van der Waals surface area (Å²) in [7, 11) is -3.89. The van der Waals surface area contributed by atoms with Crippen LogP contribution in [-0.2, 0) is 16.2 Å². The van der Waals surface area contributed by atoms with Crippen molar-refractivity contribution in [1.82, 2.24) is 5.43 Å². The molecule has 2 N–H and O–H groups in total. The molecule has 1 amide bonds. The monoisotopic (exact) mass is 453 g/mol. The number of hydrazone groups is 1. The molecule has 0 aliphatic rings. The third-order valence-electron chi connectivity index (χ3n) is 3.81. The average Bonchev–Trinajstić information content (AvgIpc) is 3.23. The molecule has 0 radical (unpaired) electrons. The number of halogens is 3. The maximum atomic E-state index is 13.0. The zero-order valence-corrected chi connectivity index (χ0v) is 16.7. The summed E-state index contributed by atoms with van der Waals surface area (Å²) < 4.78 is 66.2. The molecule has 0 fully saturated rings. The van der Waals surface area contributed by atoms with Gasteiger partial charge in [0.1, 0.15) is 4.21 Å². The summed E-state index contributed by atoms with van der Waals surface area (Å²) >= 11 is 1.01. The predicted molar refractivity (Wildman–Crippen MR) is 108 cm³/mol. The van der Waals surface area contributed by atoms with Gasteiger partial charge in [0.05, 0.1) is 23.0 Å². The first-order valence-corrected chi connectivity index (χ1v) is 10.7. The van der Waals surface area contributed by atoms with E-state index in [2.05, 4.69) is 15.2 Å². The Morgan fingerprint density at radius 2 is 1.70 bits per heavy atom. The maximum Gasteiger partial charge on any atom is 0.417 e. The highest BCUT2D eigenvalue weighted by Gasteiger charge is 2.32. The highest BCUT2D eigenvalue weighted by Crippen LogP contribution is 2.31. The molecule has 0 atom stereocenters. The van der Waals surface area contributed by atoms with Gasteiger partial charge in [-0.05, 0) is 29.6 Å². The molecule has 1 aromatic heterocycles. The highest BCUT2D eigenvalue weighted by atomic mass is 32.2. The van der Waals surface area contributed by atoms with Crippen molar-refractivity contribution in [3.63, 3.8) is 0 Å². The van der Waals surface area contributed by atoms with E-state index in [1.807, 2.05) is 0 Å². The lowest BCUT2D eigenvalue weighted by atomic mass is 10.1. The van der Waals surface area contributed by atoms with Crippen molar-refractivity contribution in [2.75, 3.05) is 4.72 Å². The van der Waals surface area contributed by atoms with Gasteiger partial charge in [-0.2, -0.15) is 18.3 Å². The molecule has 2 aromatic carbocycles. The number of carbonyl (C=O) groups is 1. The second kappa shape index (κ2) is 8.67. The van der Waals surface area contributed by atoms with Gasteiger partial charge < -0.3 is 0 Å². The molecule has 0 spiro atoms. The van der Waals surface area contributed by atoms with Crippen LogP contribution in [0.5, 0.6) is 0 Å². The van der Waals surface area contributed by atoms with E-state index >= 15 is 0 Å². The number of rotatable bonds is 6. The lowest BCUT2D eigenvalue weighted by molar-refractivity contribution is -0.137. The number of nitrogens with zero attached hydrogens (tertiary/aromatic N) is 1. The van der Waals surface area contributed by atoms with E-state index in [-0.39, 0.29) is 21.0 Å². The highest BCUT2D eigenvalue weighted by molar-refractivity contribution is 7.94. The predicted octanol–water partition coefficient (Wildman–Crippen LogP) is 4.33. The second-order valence-electron chi connectivity index (χ2n) is 5.87. The Morgan fingerprint density at radius 1 is 1.00 bits per heavy atom. The van der Waals surface area contributed by atoms with Crippen molar-refractivity contribution < 1.29 is 26.4 Å². The molecule has 3 rings (SSSR count). The molecule has 0 saturated carbocycles. The van der Waals surface area contributed by atoms with Crippen LogP contribution in [0.4, 0.5) is 18.9 Å². The zero-order valence-electron chi connectivity index (χ0n) is 15.1. The largest absolute Gasteiger partial charge is 0.417 e. The second-order valence-corrected chi connectivity index (χ2v) is 8.72. The van der Waals surface area contributed by atoms with Crippen LogP contribution in [0.1, 0.15) is 21.5 Å². The first-order chi connectivity index (χ1) is 14.2. The molecular weight excluding hydrogens is 439 g/mol. The summed E-state index contributed by atoms with van der Waals surface area (Å²) in [4.78, 5) is 12.4. The number of nitrogens with one attached hydrogen (secondary N) is 2. The minimum absolute atomic E-state index is 0.00860. The number of carbonyl (C=O) groups excluding carboxylic acids is 1. The van der Waals surface area contributed by atoms with Crippen molar-refractivity contribution in [1.29, 1.82) is 0 Å². The maximum absolute atomic E-state index is 13.0. The van der Waals surface area contributed by atoms with Gasteiger partial charge in [-0.1, -0.05) is 36.4 Å². The van der Waals surface area contributed by atoms with Gasteiger partial charge in [0.2, 0.25) is 0 Å². The lowest BCUT2D eigenvalue weighted by Crippen LogP contribution is -2.21. The smallest absolute Gasteiger partial charge is 0.278 e. The molecule has 0 saturated heterocycles. The SMILES string of the molecule is O=C(N/N=C/c1ccccc1C(F)(F)F)c1ccccc1NS(=O)(=O)c1cccs1. The molecule has 0 bridgehead atoms. The van der Waals surface area contributed by atoms with Crippen LogP contribution < -0.4 is 10.1 Å². The molecule has 6 nitrogen and oxygen atoms in total. The molecule has 0 aliphatic heterocycles. The van der Waals surface area contributed by atoms with E-state index in [0.29, 0.717) is 0 Å². The molecule has 0 unspecified atom stereocenters. The van der Waals surface area contributed by atoms with Crippen molar-refractivity contribution in [3.05, 3.63) is 82.7 Å². The quantitative estimate of drug-likeness (QED) is 0.430. The fourth-order valence-corrected chi connectivity index (χ4v) is 4.54. The number of hydrogen-bond acceptors (Lipinski definition) is 5. The topological polar surface area (TPSA) is 87.6 Å². The third-order valence-corrected chi connectivity index (χ3v) is 6.57. The minimum atomic E-state index is -4.57. The van der Waals surface area contributed by atoms with Gasteiger partial charge in [-0.25, -0.2) is 13.8 Å².